The van der Waals surface area contributed by atoms with E-state index in [1.807, 2.05) is 0 Å². The molecule has 0 radical (unpaired) electrons. The molecule has 0 aromatic carbocycles. The van der Waals surface area contributed by atoms with E-state index in [0.717, 1.165) is 18.3 Å². The first-order valence-corrected chi connectivity index (χ1v) is 17.8. The minimum Gasteiger partial charge on any atom is -0.131 e. The van der Waals surface area contributed by atoms with Crippen LogP contribution in [0.4, 0.5) is 0 Å². The molecule has 0 aromatic rings. The molecule has 0 saturated heterocycles. The molecule has 0 aliphatic rings. The highest BCUT2D eigenvalue weighted by Crippen LogP contribution is 2.30. The van der Waals surface area contributed by atoms with E-state index in [0.29, 0.717) is 0 Å². The summed E-state index contributed by atoms with van der Waals surface area (Å²) in [5.41, 5.74) is 1.49. The fourth-order valence-electron chi connectivity index (χ4n) is 4.91. The maximum absolute atomic E-state index is 4.50. The van der Waals surface area contributed by atoms with Crippen LogP contribution in [0.25, 0.3) is 0 Å². The van der Waals surface area contributed by atoms with Gasteiger partial charge < -0.3 is 0 Å². The van der Waals surface area contributed by atoms with Crippen LogP contribution in [0.3, 0.4) is 0 Å². The first kappa shape index (κ1) is 37.3. The Morgan fingerprint density at radius 2 is 1.26 bits per heavy atom. The zero-order valence-corrected chi connectivity index (χ0v) is 27.4. The van der Waals surface area contributed by atoms with Crippen LogP contribution in [0.2, 0.25) is 0 Å². The quantitative estimate of drug-likeness (QED) is 0.0666. The predicted molar refractivity (Wildman–Crippen MR) is 180 cm³/mol. The number of unbranched alkanes of at least 4 members (excludes halogenated alkanes) is 12. The summed E-state index contributed by atoms with van der Waals surface area (Å²) >= 11 is 2.06. The van der Waals surface area contributed by atoms with Crippen molar-refractivity contribution in [3.63, 3.8) is 0 Å². The Balaban J connectivity index is 4.10. The summed E-state index contributed by atoms with van der Waals surface area (Å²) in [6.07, 6.45) is 38.3. The Labute approximate surface area is 245 Å². The molecule has 2 unspecified atom stereocenters. The third kappa shape index (κ3) is 26.9. The molecule has 1 heteroatoms. The largest absolute Gasteiger partial charge is 0.131 e. The van der Waals surface area contributed by atoms with Crippen molar-refractivity contribution in [1.82, 2.24) is 0 Å². The standard InChI is InChI=1S/C37H68S/c1-7-10-12-14-16-18-19-21-22-24-26-28-35(5)32-37(31-30-34(4)9-3)33-38-36(6)29-27-25-23-20-17-15-13-11-8-2/h12,14,18-19,34,37H,5-11,13,15-17,20-33H2,1-4H3/b14-12-,19-18+. The third-order valence-electron chi connectivity index (χ3n) is 7.89. The fraction of sp³-hybridized carbons (Fsp3) is 0.784. The summed E-state index contributed by atoms with van der Waals surface area (Å²) in [6.45, 7) is 18.2. The van der Waals surface area contributed by atoms with Gasteiger partial charge in [0.25, 0.3) is 0 Å². The van der Waals surface area contributed by atoms with Crippen molar-refractivity contribution in [2.75, 3.05) is 5.75 Å². The lowest BCUT2D eigenvalue weighted by Gasteiger charge is -2.20. The van der Waals surface area contributed by atoms with Crippen LogP contribution < -0.4 is 0 Å². The van der Waals surface area contributed by atoms with Gasteiger partial charge in [-0.1, -0.05) is 148 Å². The average molecular weight is 545 g/mol. The highest BCUT2D eigenvalue weighted by atomic mass is 32.2. The van der Waals surface area contributed by atoms with Gasteiger partial charge in [0.05, 0.1) is 0 Å². The van der Waals surface area contributed by atoms with Gasteiger partial charge in [-0.2, -0.15) is 0 Å². The topological polar surface area (TPSA) is 0 Å². The van der Waals surface area contributed by atoms with Crippen molar-refractivity contribution < 1.29 is 0 Å². The monoisotopic (exact) mass is 545 g/mol. The molecule has 0 nitrogen and oxygen atoms in total. The van der Waals surface area contributed by atoms with Crippen LogP contribution in [-0.2, 0) is 0 Å². The van der Waals surface area contributed by atoms with Crippen molar-refractivity contribution in [3.05, 3.63) is 47.9 Å². The minimum atomic E-state index is 0.769. The van der Waals surface area contributed by atoms with E-state index in [1.54, 1.807) is 0 Å². The molecule has 0 rings (SSSR count). The molecule has 0 aromatic heterocycles. The molecular weight excluding hydrogens is 476 g/mol. The average Bonchev–Trinajstić information content (AvgIpc) is 2.92. The van der Waals surface area contributed by atoms with Gasteiger partial charge in [0.15, 0.2) is 0 Å². The van der Waals surface area contributed by atoms with E-state index in [4.69, 9.17) is 0 Å². The number of hydrogen-bond donors (Lipinski definition) is 0. The van der Waals surface area contributed by atoms with Gasteiger partial charge in [0.2, 0.25) is 0 Å². The van der Waals surface area contributed by atoms with Crippen molar-refractivity contribution in [1.29, 1.82) is 0 Å². The molecule has 0 aliphatic carbocycles. The molecule has 2 atom stereocenters. The molecule has 38 heavy (non-hydrogen) atoms. The fourth-order valence-corrected chi connectivity index (χ4v) is 5.95. The van der Waals surface area contributed by atoms with Crippen molar-refractivity contribution in [3.8, 4) is 0 Å². The zero-order valence-electron chi connectivity index (χ0n) is 26.6. The Morgan fingerprint density at radius 3 is 1.92 bits per heavy atom. The van der Waals surface area contributed by atoms with Gasteiger partial charge in [0, 0.05) is 5.75 Å². The molecule has 0 aliphatic heterocycles. The van der Waals surface area contributed by atoms with E-state index in [9.17, 15) is 0 Å². The molecule has 222 valence electrons. The Kier molecular flexibility index (Phi) is 28.8. The smallest absolute Gasteiger partial charge is 0.000800 e. The molecule has 0 amide bonds. The summed E-state index contributed by atoms with van der Waals surface area (Å²) in [4.78, 5) is 1.42. The predicted octanol–water partition coefficient (Wildman–Crippen LogP) is 13.8. The van der Waals surface area contributed by atoms with Crippen LogP contribution in [0.1, 0.15) is 169 Å². The first-order valence-electron chi connectivity index (χ1n) is 16.8. The van der Waals surface area contributed by atoms with Crippen LogP contribution >= 0.6 is 11.8 Å². The second-order valence-electron chi connectivity index (χ2n) is 11.9. The number of allylic oxidation sites excluding steroid dienone is 6. The number of hydrogen-bond acceptors (Lipinski definition) is 1. The van der Waals surface area contributed by atoms with E-state index < -0.39 is 0 Å². The van der Waals surface area contributed by atoms with Crippen LogP contribution in [0.5, 0.6) is 0 Å². The lowest BCUT2D eigenvalue weighted by atomic mass is 9.90. The lowest BCUT2D eigenvalue weighted by molar-refractivity contribution is 0.422. The van der Waals surface area contributed by atoms with Gasteiger partial charge in [-0.3, -0.25) is 0 Å². The number of thioether (sulfide) groups is 1. The minimum absolute atomic E-state index is 0.769. The first-order chi connectivity index (χ1) is 18.5. The molecule has 0 fully saturated rings. The second-order valence-corrected chi connectivity index (χ2v) is 13.1. The van der Waals surface area contributed by atoms with E-state index >= 15 is 0 Å². The van der Waals surface area contributed by atoms with E-state index in [-0.39, 0.29) is 0 Å². The van der Waals surface area contributed by atoms with Crippen LogP contribution in [0, 0.1) is 11.8 Å². The molecule has 0 saturated carbocycles. The van der Waals surface area contributed by atoms with Gasteiger partial charge in [0.1, 0.15) is 0 Å². The summed E-state index contributed by atoms with van der Waals surface area (Å²) in [5, 5.41) is 0. The maximum Gasteiger partial charge on any atom is 0.000800 e. The van der Waals surface area contributed by atoms with E-state index in [1.165, 1.54) is 151 Å². The van der Waals surface area contributed by atoms with Crippen LogP contribution in [-0.4, -0.2) is 5.75 Å². The van der Waals surface area contributed by atoms with Crippen LogP contribution in [0.15, 0.2) is 47.9 Å². The maximum atomic E-state index is 4.50. The Morgan fingerprint density at radius 1 is 0.658 bits per heavy atom. The summed E-state index contributed by atoms with van der Waals surface area (Å²) in [5.74, 6) is 2.85. The SMILES string of the molecule is C=C(CCCCC/C=C/C/C=C\CCC)CC(CCC(C)CC)CSC(=C)CCCCCCCCCCC. The molecular formula is C37H68S. The van der Waals surface area contributed by atoms with Gasteiger partial charge >= 0.3 is 0 Å². The van der Waals surface area contributed by atoms with Crippen molar-refractivity contribution in [2.24, 2.45) is 11.8 Å². The van der Waals surface area contributed by atoms with Gasteiger partial charge in [-0.15, -0.1) is 11.8 Å². The molecule has 0 heterocycles. The zero-order chi connectivity index (χ0) is 28.1. The summed E-state index contributed by atoms with van der Waals surface area (Å²) in [6, 6.07) is 0. The van der Waals surface area contributed by atoms with Crippen molar-refractivity contribution >= 4 is 11.8 Å². The summed E-state index contributed by atoms with van der Waals surface area (Å²) < 4.78 is 0. The Bertz CT molecular complexity index is 584. The lowest BCUT2D eigenvalue weighted by Crippen LogP contribution is -2.08. The van der Waals surface area contributed by atoms with Gasteiger partial charge in [-0.05, 0) is 80.9 Å². The number of rotatable bonds is 29. The summed E-state index contributed by atoms with van der Waals surface area (Å²) in [7, 11) is 0. The van der Waals surface area contributed by atoms with Gasteiger partial charge in [-0.25, -0.2) is 0 Å². The Hall–Kier alpha value is -0.690. The highest BCUT2D eigenvalue weighted by molar-refractivity contribution is 8.03. The molecule has 0 N–H and O–H groups in total. The molecule has 0 spiro atoms. The molecule has 0 bridgehead atoms. The van der Waals surface area contributed by atoms with Crippen molar-refractivity contribution in [2.45, 2.75) is 169 Å². The highest BCUT2D eigenvalue weighted by Gasteiger charge is 2.13. The second kappa shape index (κ2) is 29.3. The van der Waals surface area contributed by atoms with E-state index in [2.05, 4.69) is 76.9 Å². The normalized spacial score (nSPS) is 13.5. The third-order valence-corrected chi connectivity index (χ3v) is 9.14.